The Morgan fingerprint density at radius 1 is 1.11 bits per heavy atom. The van der Waals surface area contributed by atoms with Gasteiger partial charge in [-0.1, -0.05) is 18.2 Å². The summed E-state index contributed by atoms with van der Waals surface area (Å²) in [6.45, 7) is 10.6. The Bertz CT molecular complexity index is 592. The van der Waals surface area contributed by atoms with Crippen molar-refractivity contribution in [3.8, 4) is 0 Å². The molecular weight excluding hydrogens is 350 g/mol. The lowest BCUT2D eigenvalue weighted by Gasteiger charge is -2.36. The van der Waals surface area contributed by atoms with Crippen LogP contribution in [-0.2, 0) is 4.74 Å². The van der Waals surface area contributed by atoms with E-state index in [9.17, 15) is 0 Å². The van der Waals surface area contributed by atoms with Gasteiger partial charge in [-0.2, -0.15) is 0 Å². The third-order valence-corrected chi connectivity index (χ3v) is 5.84. The van der Waals surface area contributed by atoms with Crippen LogP contribution in [0.5, 0.6) is 0 Å². The third-order valence-electron chi connectivity index (χ3n) is 5.84. The number of anilines is 1. The van der Waals surface area contributed by atoms with Gasteiger partial charge in [0.05, 0.1) is 5.60 Å². The van der Waals surface area contributed by atoms with Gasteiger partial charge in [0.2, 0.25) is 0 Å². The summed E-state index contributed by atoms with van der Waals surface area (Å²) in [6, 6.07) is 10.8. The number of benzene rings is 1. The highest BCUT2D eigenvalue weighted by Crippen LogP contribution is 2.23. The Morgan fingerprint density at radius 3 is 2.57 bits per heavy atom. The van der Waals surface area contributed by atoms with Crippen LogP contribution in [0.4, 0.5) is 5.69 Å². The second-order valence-electron chi connectivity index (χ2n) is 8.13. The van der Waals surface area contributed by atoms with Gasteiger partial charge in [-0.15, -0.1) is 0 Å². The molecule has 2 heterocycles. The van der Waals surface area contributed by atoms with Crippen molar-refractivity contribution in [1.29, 1.82) is 0 Å². The Morgan fingerprint density at radius 2 is 1.89 bits per heavy atom. The van der Waals surface area contributed by atoms with Crippen molar-refractivity contribution >= 4 is 11.6 Å². The first-order chi connectivity index (χ1) is 13.7. The zero-order chi connectivity index (χ0) is 19.7. The summed E-state index contributed by atoms with van der Waals surface area (Å²) in [4.78, 5) is 9.40. The summed E-state index contributed by atoms with van der Waals surface area (Å²) in [5.41, 5.74) is 1.31. The normalized spacial score (nSPS) is 23.8. The van der Waals surface area contributed by atoms with E-state index in [1.165, 1.54) is 18.7 Å². The number of aliphatic imine (C=N–C) groups is 1. The van der Waals surface area contributed by atoms with Gasteiger partial charge in [0.15, 0.2) is 5.96 Å². The van der Waals surface area contributed by atoms with Crippen LogP contribution in [0.1, 0.15) is 32.6 Å². The number of unbranched alkanes of at least 4 members (excludes halogenated alkanes) is 1. The molecule has 0 radical (unpaired) electrons. The van der Waals surface area contributed by atoms with E-state index in [1.54, 1.807) is 0 Å². The van der Waals surface area contributed by atoms with E-state index in [0.29, 0.717) is 0 Å². The number of nitrogens with one attached hydrogen (secondary N) is 2. The van der Waals surface area contributed by atoms with Gasteiger partial charge >= 0.3 is 0 Å². The van der Waals surface area contributed by atoms with Crippen LogP contribution in [0, 0.1) is 0 Å². The fourth-order valence-corrected chi connectivity index (χ4v) is 4.00. The first kappa shape index (κ1) is 20.9. The summed E-state index contributed by atoms with van der Waals surface area (Å²) in [5.74, 6) is 0.883. The van der Waals surface area contributed by atoms with Gasteiger partial charge in [-0.3, -0.25) is 9.89 Å². The van der Waals surface area contributed by atoms with E-state index in [-0.39, 0.29) is 5.60 Å². The number of hydrogen-bond acceptors (Lipinski definition) is 4. The molecule has 2 saturated heterocycles. The van der Waals surface area contributed by atoms with Gasteiger partial charge < -0.3 is 20.3 Å². The molecule has 0 aromatic heterocycles. The number of guanidine groups is 1. The van der Waals surface area contributed by atoms with Gasteiger partial charge in [-0.05, 0) is 51.3 Å². The van der Waals surface area contributed by atoms with Crippen molar-refractivity contribution in [3.63, 3.8) is 0 Å². The molecule has 2 N–H and O–H groups in total. The summed E-state index contributed by atoms with van der Waals surface area (Å²) in [6.07, 6.45) is 4.65. The molecule has 2 fully saturated rings. The zero-order valence-electron chi connectivity index (χ0n) is 17.6. The van der Waals surface area contributed by atoms with Gasteiger partial charge in [0, 0.05) is 58.6 Å². The number of nitrogens with zero attached hydrogens (tertiary/aromatic N) is 3. The Balaban J connectivity index is 1.25. The van der Waals surface area contributed by atoms with Crippen LogP contribution < -0.4 is 15.5 Å². The summed E-state index contributed by atoms with van der Waals surface area (Å²) < 4.78 is 5.83. The van der Waals surface area contributed by atoms with Crippen LogP contribution in [0.25, 0.3) is 0 Å². The predicted molar refractivity (Wildman–Crippen MR) is 117 cm³/mol. The number of piperazine rings is 1. The minimum absolute atomic E-state index is 0.0421. The number of para-hydroxylation sites is 1. The third kappa shape index (κ3) is 6.38. The lowest BCUT2D eigenvalue weighted by Crippen LogP contribution is -2.47. The average Bonchev–Trinajstić information content (AvgIpc) is 3.18. The van der Waals surface area contributed by atoms with Crippen LogP contribution in [0.3, 0.4) is 0 Å². The molecule has 0 amide bonds. The molecule has 156 valence electrons. The zero-order valence-corrected chi connectivity index (χ0v) is 17.6. The second-order valence-corrected chi connectivity index (χ2v) is 8.13. The molecule has 1 aromatic rings. The van der Waals surface area contributed by atoms with E-state index in [1.807, 2.05) is 7.05 Å². The maximum absolute atomic E-state index is 5.83. The van der Waals surface area contributed by atoms with Crippen molar-refractivity contribution < 1.29 is 4.74 Å². The molecule has 3 rings (SSSR count). The number of rotatable bonds is 8. The highest BCUT2D eigenvalue weighted by atomic mass is 16.5. The summed E-state index contributed by atoms with van der Waals surface area (Å²) in [7, 11) is 1.83. The highest BCUT2D eigenvalue weighted by Gasteiger charge is 2.29. The summed E-state index contributed by atoms with van der Waals surface area (Å²) in [5, 5.41) is 6.84. The van der Waals surface area contributed by atoms with Crippen molar-refractivity contribution in [1.82, 2.24) is 15.5 Å². The van der Waals surface area contributed by atoms with Crippen molar-refractivity contribution in [2.24, 2.45) is 4.99 Å². The van der Waals surface area contributed by atoms with Gasteiger partial charge in [0.25, 0.3) is 0 Å². The maximum atomic E-state index is 5.83. The topological polar surface area (TPSA) is 52.1 Å². The Labute approximate surface area is 170 Å². The van der Waals surface area contributed by atoms with E-state index < -0.39 is 0 Å². The van der Waals surface area contributed by atoms with Crippen LogP contribution >= 0.6 is 0 Å². The molecule has 2 aliphatic rings. The molecule has 1 atom stereocenters. The van der Waals surface area contributed by atoms with Gasteiger partial charge in [0.1, 0.15) is 0 Å². The quantitative estimate of drug-likeness (QED) is 0.407. The lowest BCUT2D eigenvalue weighted by atomic mass is 10.0. The first-order valence-corrected chi connectivity index (χ1v) is 10.8. The minimum Gasteiger partial charge on any atom is -0.373 e. The highest BCUT2D eigenvalue weighted by molar-refractivity contribution is 5.79. The SMILES string of the molecule is CN=C(NCCCCN1CCN(c2ccccc2)CC1)NCC1(C)CCCO1. The van der Waals surface area contributed by atoms with E-state index in [4.69, 9.17) is 4.74 Å². The fraction of sp³-hybridized carbons (Fsp3) is 0.682. The first-order valence-electron chi connectivity index (χ1n) is 10.8. The van der Waals surface area contributed by atoms with E-state index >= 15 is 0 Å². The molecule has 0 spiro atoms. The smallest absolute Gasteiger partial charge is 0.191 e. The predicted octanol–water partition coefficient (Wildman–Crippen LogP) is 2.32. The molecule has 1 aromatic carbocycles. The number of hydrogen-bond donors (Lipinski definition) is 2. The molecule has 0 saturated carbocycles. The molecule has 0 bridgehead atoms. The Hall–Kier alpha value is -1.79. The van der Waals surface area contributed by atoms with E-state index in [2.05, 4.69) is 62.7 Å². The standard InChI is InChI=1S/C22H37N5O/c1-22(11-8-18-28-22)19-25-21(23-2)24-12-6-7-13-26-14-16-27(17-15-26)20-9-4-3-5-10-20/h3-5,9-10H,6-8,11-19H2,1-2H3,(H2,23,24,25). The number of ether oxygens (including phenoxy) is 1. The summed E-state index contributed by atoms with van der Waals surface area (Å²) >= 11 is 0. The van der Waals surface area contributed by atoms with Crippen molar-refractivity contribution in [2.45, 2.75) is 38.2 Å². The van der Waals surface area contributed by atoms with Crippen molar-refractivity contribution in [2.75, 3.05) is 64.4 Å². The average molecular weight is 388 g/mol. The molecule has 6 heteroatoms. The second kappa shape index (κ2) is 10.7. The van der Waals surface area contributed by atoms with Crippen molar-refractivity contribution in [3.05, 3.63) is 30.3 Å². The maximum Gasteiger partial charge on any atom is 0.191 e. The molecule has 28 heavy (non-hydrogen) atoms. The van der Waals surface area contributed by atoms with Crippen LogP contribution in [0.15, 0.2) is 35.3 Å². The van der Waals surface area contributed by atoms with Gasteiger partial charge in [-0.25, -0.2) is 0 Å². The Kier molecular flexibility index (Phi) is 7.98. The lowest BCUT2D eigenvalue weighted by molar-refractivity contribution is 0.0243. The molecule has 1 unspecified atom stereocenters. The molecule has 0 aliphatic carbocycles. The van der Waals surface area contributed by atoms with Crippen LogP contribution in [-0.4, -0.2) is 75.9 Å². The van der Waals surface area contributed by atoms with Crippen LogP contribution in [0.2, 0.25) is 0 Å². The molecule has 2 aliphatic heterocycles. The molecule has 6 nitrogen and oxygen atoms in total. The van der Waals surface area contributed by atoms with E-state index in [0.717, 1.165) is 71.1 Å². The monoisotopic (exact) mass is 387 g/mol. The fourth-order valence-electron chi connectivity index (χ4n) is 4.00. The molecular formula is C22H37N5O. The largest absolute Gasteiger partial charge is 0.373 e. The minimum atomic E-state index is -0.0421.